The van der Waals surface area contributed by atoms with Gasteiger partial charge in [-0.15, -0.1) is 11.8 Å². The molecule has 3 fully saturated rings. The number of ether oxygens (including phenoxy) is 1. The van der Waals surface area contributed by atoms with Crippen LogP contribution in [0.5, 0.6) is 11.5 Å². The van der Waals surface area contributed by atoms with E-state index in [0.717, 1.165) is 27.5 Å². The minimum absolute atomic E-state index is 0.00474. The molecule has 4 aromatic rings. The molecule has 4 aliphatic rings. The number of amides is 3. The number of aromatic hydroxyl groups is 1. The third-order valence-electron chi connectivity index (χ3n) is 9.78. The second kappa shape index (κ2) is 10.6. The predicted octanol–water partition coefficient (Wildman–Crippen LogP) is 5.15. The number of fused-ring (bicyclic) bond motifs is 9. The van der Waals surface area contributed by atoms with E-state index in [0.29, 0.717) is 17.1 Å². The van der Waals surface area contributed by atoms with Crippen LogP contribution >= 0.6 is 23.1 Å². The van der Waals surface area contributed by atoms with Crippen molar-refractivity contribution in [3.63, 3.8) is 0 Å². The van der Waals surface area contributed by atoms with Crippen molar-refractivity contribution in [2.75, 3.05) is 16.8 Å². The highest BCUT2D eigenvalue weighted by Gasteiger charge is 2.69. The molecule has 7 atom stereocenters. The summed E-state index contributed by atoms with van der Waals surface area (Å²) in [6, 6.07) is 21.3. The zero-order valence-electron chi connectivity index (χ0n) is 24.1. The highest BCUT2D eigenvalue weighted by atomic mass is 32.2. The second-order valence-corrected chi connectivity index (χ2v) is 14.4. The van der Waals surface area contributed by atoms with E-state index in [1.807, 2.05) is 55.5 Å². The Hall–Kier alpha value is -4.35. The molecule has 11 heteroatoms. The monoisotopic (exact) mass is 639 g/mol. The summed E-state index contributed by atoms with van der Waals surface area (Å²) in [5.41, 5.74) is 3.07. The summed E-state index contributed by atoms with van der Waals surface area (Å²) < 4.78 is 6.13. The number of nitrogens with zero attached hydrogens (tertiary/aromatic N) is 1. The molecule has 2 aliphatic carbocycles. The average molecular weight is 640 g/mol. The lowest BCUT2D eigenvalue weighted by Crippen LogP contribution is -2.42. The minimum atomic E-state index is -0.408. The molecule has 0 radical (unpaired) electrons. The van der Waals surface area contributed by atoms with Crippen molar-refractivity contribution in [1.82, 2.24) is 4.98 Å². The van der Waals surface area contributed by atoms with Crippen LogP contribution in [0.15, 0.2) is 82.6 Å². The number of hydrogen-bond donors (Lipinski definition) is 3. The lowest BCUT2D eigenvalue weighted by atomic mass is 9.68. The van der Waals surface area contributed by atoms with Gasteiger partial charge in [0, 0.05) is 27.3 Å². The number of benzene rings is 3. The largest absolute Gasteiger partial charge is 0.508 e. The third-order valence-corrected chi connectivity index (χ3v) is 12.4. The number of phenols is 1. The number of aryl methyl sites for hydroxylation is 1. The molecule has 228 valence electrons. The van der Waals surface area contributed by atoms with Crippen LogP contribution in [0.1, 0.15) is 28.3 Å². The summed E-state index contributed by atoms with van der Waals surface area (Å²) in [7, 11) is 0. The molecule has 2 bridgehead atoms. The minimum Gasteiger partial charge on any atom is -0.508 e. The number of nitrogens with one attached hydrogen (secondary N) is 2. The van der Waals surface area contributed by atoms with Gasteiger partial charge in [0.15, 0.2) is 6.61 Å². The maximum Gasteiger partial charge on any atom is 0.305 e. The van der Waals surface area contributed by atoms with Crippen molar-refractivity contribution in [2.45, 2.75) is 29.5 Å². The van der Waals surface area contributed by atoms with Crippen molar-refractivity contribution >= 4 is 52.2 Å². The molecule has 1 saturated heterocycles. The molecule has 2 aliphatic heterocycles. The van der Waals surface area contributed by atoms with Gasteiger partial charge < -0.3 is 20.1 Å². The van der Waals surface area contributed by atoms with Crippen molar-refractivity contribution < 1.29 is 24.2 Å². The van der Waals surface area contributed by atoms with Gasteiger partial charge in [0.05, 0.1) is 22.5 Å². The molecule has 4 unspecified atom stereocenters. The van der Waals surface area contributed by atoms with Crippen LogP contribution in [-0.4, -0.2) is 39.7 Å². The number of hydrogen-bond acceptors (Lipinski definition) is 8. The summed E-state index contributed by atoms with van der Waals surface area (Å²) in [4.78, 5) is 58.5. The maximum atomic E-state index is 14.0. The molecular weight excluding hydrogens is 611 g/mol. The first-order chi connectivity index (χ1) is 21.8. The number of thioether (sulfide) groups is 1. The van der Waals surface area contributed by atoms with Gasteiger partial charge in [-0.2, -0.15) is 0 Å². The molecule has 1 aromatic heterocycles. The standard InChI is InChI=1S/C34H29N3O6S2/c1-16-6-10-18(11-7-16)37-32(40)27-21-14-22(28(27)33(37)41)29-26(21)25(30-31(44-29)36-34(42)45-30)20-4-2-3-5-23(20)43-15-24(39)35-17-8-12-19(38)13-9-17/h2-13,21-22,25-29,38H,14-15H2,1H3,(H,35,39)(H,36,42)/t21-,22-,25-,26?,27?,28?,29?/m1/s1. The van der Waals surface area contributed by atoms with Gasteiger partial charge in [0.2, 0.25) is 11.8 Å². The zero-order chi connectivity index (χ0) is 31.0. The Morgan fingerprint density at radius 2 is 1.69 bits per heavy atom. The topological polar surface area (TPSA) is 129 Å². The quantitative estimate of drug-likeness (QED) is 0.197. The van der Waals surface area contributed by atoms with Crippen molar-refractivity contribution in [1.29, 1.82) is 0 Å². The fourth-order valence-corrected chi connectivity index (χ4v) is 10.9. The number of rotatable bonds is 6. The average Bonchev–Trinajstić information content (AvgIpc) is 3.77. The summed E-state index contributed by atoms with van der Waals surface area (Å²) in [6.07, 6.45) is 0.782. The summed E-state index contributed by atoms with van der Waals surface area (Å²) in [5.74, 6) is -1.01. The Morgan fingerprint density at radius 3 is 2.44 bits per heavy atom. The first kappa shape index (κ1) is 28.1. The highest BCUT2D eigenvalue weighted by Crippen LogP contribution is 2.69. The molecule has 0 spiro atoms. The number of aromatic nitrogens is 1. The normalized spacial score (nSPS) is 27.7. The number of thiazole rings is 1. The second-order valence-electron chi connectivity index (χ2n) is 12.2. The molecule has 3 amide bonds. The van der Waals surface area contributed by atoms with E-state index in [1.165, 1.54) is 28.4 Å². The first-order valence-corrected chi connectivity index (χ1v) is 16.6. The Balaban J connectivity index is 1.12. The lowest BCUT2D eigenvalue weighted by molar-refractivity contribution is -0.123. The van der Waals surface area contributed by atoms with Crippen molar-refractivity contribution in [3.8, 4) is 11.5 Å². The van der Waals surface area contributed by atoms with Gasteiger partial charge in [-0.1, -0.05) is 47.2 Å². The van der Waals surface area contributed by atoms with Gasteiger partial charge in [0.1, 0.15) is 11.5 Å². The summed E-state index contributed by atoms with van der Waals surface area (Å²) in [6.45, 7) is 1.74. The number of imide groups is 1. The van der Waals surface area contributed by atoms with E-state index in [4.69, 9.17) is 4.74 Å². The van der Waals surface area contributed by atoms with Crippen LogP contribution in [0.4, 0.5) is 11.4 Å². The Kier molecular flexibility index (Phi) is 6.65. The third kappa shape index (κ3) is 4.51. The number of carbonyl (C=O) groups is 3. The van der Waals surface area contributed by atoms with Gasteiger partial charge in [-0.05, 0) is 73.6 Å². The molecular formula is C34H29N3O6S2. The van der Waals surface area contributed by atoms with E-state index < -0.39 is 5.92 Å². The Labute approximate surface area is 266 Å². The lowest BCUT2D eigenvalue weighted by Gasteiger charge is -2.43. The smallest absolute Gasteiger partial charge is 0.305 e. The molecule has 45 heavy (non-hydrogen) atoms. The van der Waals surface area contributed by atoms with Crippen molar-refractivity contribution in [3.05, 3.63) is 98.5 Å². The van der Waals surface area contributed by atoms with Gasteiger partial charge >= 0.3 is 4.87 Å². The number of carbonyl (C=O) groups excluding carboxylic acids is 3. The number of para-hydroxylation sites is 1. The highest BCUT2D eigenvalue weighted by molar-refractivity contribution is 8.00. The van der Waals surface area contributed by atoms with Crippen molar-refractivity contribution in [2.24, 2.45) is 29.6 Å². The zero-order valence-corrected chi connectivity index (χ0v) is 25.8. The van der Waals surface area contributed by atoms with E-state index in [-0.39, 0.29) is 69.8 Å². The molecule has 3 N–H and O–H groups in total. The summed E-state index contributed by atoms with van der Waals surface area (Å²) in [5, 5.41) is 13.2. The number of anilines is 2. The summed E-state index contributed by atoms with van der Waals surface area (Å²) >= 11 is 2.82. The predicted molar refractivity (Wildman–Crippen MR) is 171 cm³/mol. The van der Waals surface area contributed by atoms with E-state index >= 15 is 0 Å². The van der Waals surface area contributed by atoms with Crippen LogP contribution in [0.3, 0.4) is 0 Å². The van der Waals surface area contributed by atoms with Crippen LogP contribution in [0.2, 0.25) is 0 Å². The van der Waals surface area contributed by atoms with Crippen LogP contribution in [-0.2, 0) is 14.4 Å². The first-order valence-electron chi connectivity index (χ1n) is 14.9. The van der Waals surface area contributed by atoms with Gasteiger partial charge in [0.25, 0.3) is 5.91 Å². The van der Waals surface area contributed by atoms with Gasteiger partial charge in [-0.25, -0.2) is 0 Å². The van der Waals surface area contributed by atoms with E-state index in [1.54, 1.807) is 23.9 Å². The van der Waals surface area contributed by atoms with Crippen LogP contribution in [0, 0.1) is 36.5 Å². The van der Waals surface area contributed by atoms with Crippen LogP contribution < -0.4 is 19.8 Å². The molecule has 3 aromatic carbocycles. The number of H-pyrrole nitrogens is 1. The van der Waals surface area contributed by atoms with Gasteiger partial charge in [-0.3, -0.25) is 24.1 Å². The Morgan fingerprint density at radius 1 is 0.978 bits per heavy atom. The Bertz CT molecular complexity index is 1900. The number of aromatic amines is 1. The molecule has 3 heterocycles. The van der Waals surface area contributed by atoms with Crippen LogP contribution in [0.25, 0.3) is 0 Å². The maximum absolute atomic E-state index is 14.0. The SMILES string of the molecule is Cc1ccc(N2C(=O)C3C(C2=O)[C@@H]2C[C@H]3C3Sc4[nH]c(=O)sc4[C@H](c4ccccc4OCC(=O)Nc4ccc(O)cc4)C32)cc1. The fourth-order valence-electron chi connectivity index (χ4n) is 8.07. The number of phenolic OH excluding ortho intramolecular Hbond substituents is 1. The van der Waals surface area contributed by atoms with E-state index in [9.17, 15) is 24.3 Å². The molecule has 9 nitrogen and oxygen atoms in total. The van der Waals surface area contributed by atoms with E-state index in [2.05, 4.69) is 10.3 Å². The molecule has 2 saturated carbocycles. The fraction of sp³-hybridized carbons (Fsp3) is 0.294. The molecule has 8 rings (SSSR count).